The summed E-state index contributed by atoms with van der Waals surface area (Å²) in [5.41, 5.74) is 2.43. The van der Waals surface area contributed by atoms with E-state index in [1.807, 2.05) is 53.7 Å². The Bertz CT molecular complexity index is 692. The van der Waals surface area contributed by atoms with Gasteiger partial charge in [0.1, 0.15) is 17.5 Å². The van der Waals surface area contributed by atoms with Crippen LogP contribution in [0.5, 0.6) is 5.75 Å². The number of esters is 1. The molecule has 0 N–H and O–H groups in total. The second-order valence-corrected chi connectivity index (χ2v) is 8.57. The molecule has 1 atom stereocenters. The Balaban J connectivity index is 2.11. The van der Waals surface area contributed by atoms with Gasteiger partial charge in [0, 0.05) is 6.42 Å². The van der Waals surface area contributed by atoms with Gasteiger partial charge in [-0.25, -0.2) is 0 Å². The summed E-state index contributed by atoms with van der Waals surface area (Å²) in [5, 5.41) is 9.22. The molecule has 1 aliphatic rings. The standard InChI is InChI=1S/C21H29NO3/c1-14-15(11-19(23)25-20(2,3)4)7-10-18-17(14)9-8-16(24-18)12-21(5,6)13-22/h7,10,16H,8-9,11-12H2,1-6H3/t16-/m1/s1. The van der Waals surface area contributed by atoms with Gasteiger partial charge in [0.05, 0.1) is 17.9 Å². The fourth-order valence-corrected chi connectivity index (χ4v) is 3.23. The number of hydrogen-bond donors (Lipinski definition) is 0. The van der Waals surface area contributed by atoms with Crippen molar-refractivity contribution in [1.82, 2.24) is 0 Å². The maximum Gasteiger partial charge on any atom is 0.310 e. The van der Waals surface area contributed by atoms with E-state index < -0.39 is 5.60 Å². The summed E-state index contributed by atoms with van der Waals surface area (Å²) in [5.74, 6) is 0.677. The maximum absolute atomic E-state index is 12.1. The minimum absolute atomic E-state index is 0.0678. The number of nitrogens with zero attached hydrogens (tertiary/aromatic N) is 1. The molecule has 1 aromatic carbocycles. The highest BCUT2D eigenvalue weighted by molar-refractivity contribution is 5.74. The minimum Gasteiger partial charge on any atom is -0.490 e. The zero-order valence-corrected chi connectivity index (χ0v) is 16.2. The molecule has 0 bridgehead atoms. The highest BCUT2D eigenvalue weighted by atomic mass is 16.6. The summed E-state index contributed by atoms with van der Waals surface area (Å²) < 4.78 is 11.5. The summed E-state index contributed by atoms with van der Waals surface area (Å²) in [6.07, 6.45) is 2.88. The lowest BCUT2D eigenvalue weighted by Gasteiger charge is -2.31. The zero-order valence-electron chi connectivity index (χ0n) is 16.2. The van der Waals surface area contributed by atoms with Crippen LogP contribution in [0.3, 0.4) is 0 Å². The molecule has 4 heteroatoms. The monoisotopic (exact) mass is 343 g/mol. The molecule has 25 heavy (non-hydrogen) atoms. The Kier molecular flexibility index (Phi) is 5.46. The molecular formula is C21H29NO3. The zero-order chi connectivity index (χ0) is 18.8. The lowest BCUT2D eigenvalue weighted by molar-refractivity contribution is -0.153. The molecular weight excluding hydrogens is 314 g/mol. The van der Waals surface area contributed by atoms with E-state index in [4.69, 9.17) is 9.47 Å². The van der Waals surface area contributed by atoms with Crippen molar-refractivity contribution in [2.24, 2.45) is 5.41 Å². The van der Waals surface area contributed by atoms with Gasteiger partial charge in [0.25, 0.3) is 0 Å². The number of fused-ring (bicyclic) bond motifs is 1. The predicted octanol–water partition coefficient (Wildman–Crippen LogP) is 4.51. The first-order chi connectivity index (χ1) is 11.5. The Labute approximate surface area is 151 Å². The lowest BCUT2D eigenvalue weighted by Crippen LogP contribution is -2.29. The van der Waals surface area contributed by atoms with Crippen LogP contribution in [0.2, 0.25) is 0 Å². The summed E-state index contributed by atoms with van der Waals surface area (Å²) in [6.45, 7) is 11.6. The molecule has 0 aromatic heterocycles. The molecule has 0 saturated heterocycles. The van der Waals surface area contributed by atoms with Crippen molar-refractivity contribution in [1.29, 1.82) is 5.26 Å². The van der Waals surface area contributed by atoms with Gasteiger partial charge >= 0.3 is 5.97 Å². The third kappa shape index (κ3) is 5.22. The quantitative estimate of drug-likeness (QED) is 0.755. The van der Waals surface area contributed by atoms with Gasteiger partial charge in [-0.2, -0.15) is 5.26 Å². The fraction of sp³-hybridized carbons (Fsp3) is 0.619. The lowest BCUT2D eigenvalue weighted by atomic mass is 9.84. The Morgan fingerprint density at radius 2 is 2.00 bits per heavy atom. The normalized spacial score (nSPS) is 17.2. The average molecular weight is 343 g/mol. The van der Waals surface area contributed by atoms with Crippen LogP contribution in [0.15, 0.2) is 12.1 Å². The van der Waals surface area contributed by atoms with Crippen LogP contribution < -0.4 is 4.74 Å². The van der Waals surface area contributed by atoms with E-state index in [-0.39, 0.29) is 23.9 Å². The second kappa shape index (κ2) is 7.07. The van der Waals surface area contributed by atoms with Crippen LogP contribution in [0.1, 0.15) is 64.2 Å². The molecule has 0 unspecified atom stereocenters. The third-order valence-electron chi connectivity index (χ3n) is 4.47. The summed E-state index contributed by atoms with van der Waals surface area (Å²) in [7, 11) is 0. The van der Waals surface area contributed by atoms with E-state index >= 15 is 0 Å². The summed E-state index contributed by atoms with van der Waals surface area (Å²) in [4.78, 5) is 12.1. The number of benzene rings is 1. The van der Waals surface area contributed by atoms with Crippen LogP contribution >= 0.6 is 0 Å². The first kappa shape index (κ1) is 19.3. The molecule has 136 valence electrons. The van der Waals surface area contributed by atoms with Crippen molar-refractivity contribution in [3.05, 3.63) is 28.8 Å². The molecule has 1 aliphatic heterocycles. The van der Waals surface area contributed by atoms with Crippen LogP contribution in [0.25, 0.3) is 0 Å². The smallest absolute Gasteiger partial charge is 0.310 e. The fourth-order valence-electron chi connectivity index (χ4n) is 3.23. The van der Waals surface area contributed by atoms with Gasteiger partial charge in [0.15, 0.2) is 0 Å². The van der Waals surface area contributed by atoms with Gasteiger partial charge in [-0.3, -0.25) is 4.79 Å². The third-order valence-corrected chi connectivity index (χ3v) is 4.47. The second-order valence-electron chi connectivity index (χ2n) is 8.57. The molecule has 0 radical (unpaired) electrons. The Morgan fingerprint density at radius 1 is 1.32 bits per heavy atom. The van der Waals surface area contributed by atoms with Gasteiger partial charge in [-0.05, 0) is 77.1 Å². The summed E-state index contributed by atoms with van der Waals surface area (Å²) in [6, 6.07) is 6.25. The van der Waals surface area contributed by atoms with Gasteiger partial charge in [-0.15, -0.1) is 0 Å². The average Bonchev–Trinajstić information content (AvgIpc) is 2.48. The largest absolute Gasteiger partial charge is 0.490 e. The number of rotatable bonds is 4. The van der Waals surface area contributed by atoms with Crippen LogP contribution in [0, 0.1) is 23.7 Å². The first-order valence-corrected chi connectivity index (χ1v) is 8.92. The van der Waals surface area contributed by atoms with E-state index in [1.165, 1.54) is 5.56 Å². The number of nitriles is 1. The van der Waals surface area contributed by atoms with Crippen molar-refractivity contribution in [2.75, 3.05) is 0 Å². The number of ether oxygens (including phenoxy) is 2. The molecule has 1 heterocycles. The highest BCUT2D eigenvalue weighted by Gasteiger charge is 2.29. The van der Waals surface area contributed by atoms with Crippen LogP contribution in [-0.4, -0.2) is 17.7 Å². The predicted molar refractivity (Wildman–Crippen MR) is 97.5 cm³/mol. The van der Waals surface area contributed by atoms with E-state index in [0.717, 1.165) is 36.1 Å². The van der Waals surface area contributed by atoms with Crippen molar-refractivity contribution in [3.8, 4) is 11.8 Å². The molecule has 2 rings (SSSR count). The van der Waals surface area contributed by atoms with E-state index in [0.29, 0.717) is 0 Å². The van der Waals surface area contributed by atoms with E-state index in [9.17, 15) is 10.1 Å². The van der Waals surface area contributed by atoms with Crippen molar-refractivity contribution in [3.63, 3.8) is 0 Å². The molecule has 0 saturated carbocycles. The molecule has 1 aromatic rings. The van der Waals surface area contributed by atoms with E-state index in [2.05, 4.69) is 6.07 Å². The highest BCUT2D eigenvalue weighted by Crippen LogP contribution is 2.35. The van der Waals surface area contributed by atoms with Gasteiger partial charge in [0.2, 0.25) is 0 Å². The van der Waals surface area contributed by atoms with Crippen molar-refractivity contribution < 1.29 is 14.3 Å². The maximum atomic E-state index is 12.1. The molecule has 0 amide bonds. The molecule has 0 aliphatic carbocycles. The van der Waals surface area contributed by atoms with Crippen molar-refractivity contribution >= 4 is 5.97 Å². The van der Waals surface area contributed by atoms with Gasteiger partial charge in [-0.1, -0.05) is 6.07 Å². The molecule has 4 nitrogen and oxygen atoms in total. The molecule has 0 fully saturated rings. The van der Waals surface area contributed by atoms with Gasteiger partial charge < -0.3 is 9.47 Å². The first-order valence-electron chi connectivity index (χ1n) is 8.92. The van der Waals surface area contributed by atoms with E-state index in [1.54, 1.807) is 0 Å². The molecule has 0 spiro atoms. The topological polar surface area (TPSA) is 59.3 Å². The van der Waals surface area contributed by atoms with Crippen LogP contribution in [0.4, 0.5) is 0 Å². The summed E-state index contributed by atoms with van der Waals surface area (Å²) >= 11 is 0. The minimum atomic E-state index is -0.469. The number of carbonyl (C=O) groups is 1. The van der Waals surface area contributed by atoms with Crippen LogP contribution in [-0.2, 0) is 22.4 Å². The number of carbonyl (C=O) groups excluding carboxylic acids is 1. The Hall–Kier alpha value is -2.02. The SMILES string of the molecule is Cc1c(CC(=O)OC(C)(C)C)ccc2c1CC[C@H](CC(C)(C)C#N)O2. The van der Waals surface area contributed by atoms with Crippen molar-refractivity contribution in [2.45, 2.75) is 78.9 Å². The number of hydrogen-bond acceptors (Lipinski definition) is 4. The Morgan fingerprint density at radius 3 is 2.60 bits per heavy atom.